The van der Waals surface area contributed by atoms with Crippen molar-refractivity contribution in [1.29, 1.82) is 0 Å². The minimum absolute atomic E-state index is 0.0502. The number of piperazine rings is 1. The van der Waals surface area contributed by atoms with Crippen molar-refractivity contribution in [3.8, 4) is 0 Å². The maximum absolute atomic E-state index is 12.3. The smallest absolute Gasteiger partial charge is 0.317 e. The molecule has 2 rings (SSSR count). The molecule has 0 spiro atoms. The Morgan fingerprint density at radius 2 is 1.95 bits per heavy atom. The van der Waals surface area contributed by atoms with Gasteiger partial charge in [-0.25, -0.2) is 8.42 Å². The summed E-state index contributed by atoms with van der Waals surface area (Å²) in [6.45, 7) is 1.42. The van der Waals surface area contributed by atoms with E-state index in [2.05, 4.69) is 6.07 Å². The fourth-order valence-corrected chi connectivity index (χ4v) is 3.39. The lowest BCUT2D eigenvalue weighted by molar-refractivity contribution is -0.138. The molecule has 0 amide bonds. The van der Waals surface area contributed by atoms with Crippen LogP contribution in [0.2, 0.25) is 0 Å². The van der Waals surface area contributed by atoms with Crippen molar-refractivity contribution >= 4 is 16.0 Å². The predicted molar refractivity (Wildman–Crippen MR) is 68.1 cm³/mol. The van der Waals surface area contributed by atoms with Gasteiger partial charge in [0.05, 0.1) is 11.4 Å². The van der Waals surface area contributed by atoms with Crippen LogP contribution in [-0.2, 0) is 14.8 Å². The molecule has 0 atom stereocenters. The van der Waals surface area contributed by atoms with Gasteiger partial charge in [0.1, 0.15) is 0 Å². The zero-order valence-electron chi connectivity index (χ0n) is 10.3. The van der Waals surface area contributed by atoms with E-state index in [1.165, 1.54) is 10.4 Å². The first-order valence-corrected chi connectivity index (χ1v) is 7.35. The Kier molecular flexibility index (Phi) is 4.18. The van der Waals surface area contributed by atoms with Gasteiger partial charge >= 0.3 is 5.97 Å². The molecule has 6 nitrogen and oxygen atoms in total. The number of carboxylic acid groups (broad SMARTS) is 1. The van der Waals surface area contributed by atoms with Gasteiger partial charge in [0.2, 0.25) is 10.0 Å². The normalized spacial score (nSPS) is 18.3. The van der Waals surface area contributed by atoms with Crippen LogP contribution in [0, 0.1) is 6.07 Å². The molecular formula is C12H15N2O4S. The summed E-state index contributed by atoms with van der Waals surface area (Å²) in [6, 6.07) is 9.16. The summed E-state index contributed by atoms with van der Waals surface area (Å²) in [5.74, 6) is -0.896. The van der Waals surface area contributed by atoms with Gasteiger partial charge in [0.15, 0.2) is 0 Å². The first-order valence-electron chi connectivity index (χ1n) is 5.91. The number of nitrogens with zero attached hydrogens (tertiary/aromatic N) is 2. The first kappa shape index (κ1) is 14.0. The number of rotatable bonds is 4. The highest BCUT2D eigenvalue weighted by Gasteiger charge is 2.28. The van der Waals surface area contributed by atoms with E-state index in [1.807, 2.05) is 0 Å². The molecule has 1 N–H and O–H groups in total. The largest absolute Gasteiger partial charge is 0.480 e. The van der Waals surface area contributed by atoms with Crippen LogP contribution in [-0.4, -0.2) is 61.4 Å². The zero-order chi connectivity index (χ0) is 13.9. The quantitative estimate of drug-likeness (QED) is 0.833. The number of benzene rings is 1. The van der Waals surface area contributed by atoms with E-state index in [4.69, 9.17) is 5.11 Å². The third kappa shape index (κ3) is 3.31. The topological polar surface area (TPSA) is 77.9 Å². The first-order chi connectivity index (χ1) is 9.00. The molecule has 1 fully saturated rings. The van der Waals surface area contributed by atoms with Crippen molar-refractivity contribution in [3.05, 3.63) is 30.3 Å². The van der Waals surface area contributed by atoms with E-state index < -0.39 is 16.0 Å². The summed E-state index contributed by atoms with van der Waals surface area (Å²) in [5, 5.41) is 8.69. The van der Waals surface area contributed by atoms with Crippen LogP contribution in [0.4, 0.5) is 0 Å². The molecule has 0 aliphatic carbocycles. The molecular weight excluding hydrogens is 268 g/mol. The number of hydrogen-bond acceptors (Lipinski definition) is 4. The maximum atomic E-state index is 12.3. The standard InChI is InChI=1S/C12H15N2O4S/c15-12(16)10-13-6-8-14(9-7-13)19(17,18)11-4-2-1-3-5-11/h1-4H,6-10H2,(H,15,16). The molecule has 0 aromatic heterocycles. The van der Waals surface area contributed by atoms with Crippen molar-refractivity contribution in [2.45, 2.75) is 4.90 Å². The third-order valence-electron chi connectivity index (χ3n) is 2.99. The molecule has 0 unspecified atom stereocenters. The summed E-state index contributed by atoms with van der Waals surface area (Å²) in [5.41, 5.74) is 0. The van der Waals surface area contributed by atoms with E-state index in [-0.39, 0.29) is 11.4 Å². The Morgan fingerprint density at radius 3 is 2.47 bits per heavy atom. The van der Waals surface area contributed by atoms with Gasteiger partial charge in [-0.1, -0.05) is 18.2 Å². The van der Waals surface area contributed by atoms with Crippen molar-refractivity contribution in [2.75, 3.05) is 32.7 Å². The molecule has 1 aromatic rings. The molecule has 19 heavy (non-hydrogen) atoms. The van der Waals surface area contributed by atoms with Crippen LogP contribution in [0.5, 0.6) is 0 Å². The molecule has 0 saturated carbocycles. The highest BCUT2D eigenvalue weighted by Crippen LogP contribution is 2.16. The summed E-state index contributed by atoms with van der Waals surface area (Å²) in [7, 11) is -3.51. The van der Waals surface area contributed by atoms with Crippen LogP contribution in [0.3, 0.4) is 0 Å². The van der Waals surface area contributed by atoms with Gasteiger partial charge in [0.25, 0.3) is 0 Å². The highest BCUT2D eigenvalue weighted by molar-refractivity contribution is 7.89. The van der Waals surface area contributed by atoms with Crippen LogP contribution < -0.4 is 0 Å². The average molecular weight is 283 g/mol. The Balaban J connectivity index is 2.03. The summed E-state index contributed by atoms with van der Waals surface area (Å²) in [6.07, 6.45) is 0. The Morgan fingerprint density at radius 1 is 1.26 bits per heavy atom. The molecule has 1 saturated heterocycles. The SMILES string of the molecule is O=C(O)CN1CCN(S(=O)(=O)c2[c]cccc2)CC1. The van der Waals surface area contributed by atoms with Crippen molar-refractivity contribution < 1.29 is 18.3 Å². The average Bonchev–Trinajstić information content (AvgIpc) is 2.40. The number of sulfonamides is 1. The van der Waals surface area contributed by atoms with E-state index in [0.29, 0.717) is 26.2 Å². The predicted octanol–water partition coefficient (Wildman–Crippen LogP) is -0.122. The molecule has 1 aromatic carbocycles. The molecule has 1 aliphatic rings. The lowest BCUT2D eigenvalue weighted by Gasteiger charge is -2.32. The molecule has 1 aliphatic heterocycles. The molecule has 7 heteroatoms. The third-order valence-corrected chi connectivity index (χ3v) is 4.84. The summed E-state index contributed by atoms with van der Waals surface area (Å²) >= 11 is 0. The van der Waals surface area contributed by atoms with Gasteiger partial charge in [0, 0.05) is 32.2 Å². The van der Waals surface area contributed by atoms with Gasteiger partial charge in [-0.05, 0) is 6.07 Å². The molecule has 1 heterocycles. The van der Waals surface area contributed by atoms with Gasteiger partial charge in [-0.3, -0.25) is 9.69 Å². The lowest BCUT2D eigenvalue weighted by atomic mass is 10.3. The van der Waals surface area contributed by atoms with Crippen molar-refractivity contribution in [1.82, 2.24) is 9.21 Å². The van der Waals surface area contributed by atoms with E-state index in [1.54, 1.807) is 23.1 Å². The van der Waals surface area contributed by atoms with E-state index in [0.717, 1.165) is 0 Å². The monoisotopic (exact) mass is 283 g/mol. The number of carboxylic acids is 1. The highest BCUT2D eigenvalue weighted by atomic mass is 32.2. The Labute approximate surface area is 112 Å². The fourth-order valence-electron chi connectivity index (χ4n) is 2.00. The number of carbonyl (C=O) groups is 1. The second-order valence-corrected chi connectivity index (χ2v) is 6.21. The van der Waals surface area contributed by atoms with Gasteiger partial charge < -0.3 is 5.11 Å². The zero-order valence-corrected chi connectivity index (χ0v) is 11.1. The lowest BCUT2D eigenvalue weighted by Crippen LogP contribution is -2.49. The number of hydrogen-bond donors (Lipinski definition) is 1. The Bertz CT molecular complexity index is 536. The van der Waals surface area contributed by atoms with Crippen LogP contribution in [0.1, 0.15) is 0 Å². The molecule has 0 bridgehead atoms. The van der Waals surface area contributed by atoms with Crippen molar-refractivity contribution in [2.24, 2.45) is 0 Å². The Hall–Kier alpha value is -1.44. The van der Waals surface area contributed by atoms with Crippen LogP contribution >= 0.6 is 0 Å². The minimum Gasteiger partial charge on any atom is -0.480 e. The second kappa shape index (κ2) is 5.68. The summed E-state index contributed by atoms with van der Waals surface area (Å²) < 4.78 is 25.9. The maximum Gasteiger partial charge on any atom is 0.317 e. The van der Waals surface area contributed by atoms with Gasteiger partial charge in [-0.15, -0.1) is 0 Å². The molecule has 103 valence electrons. The minimum atomic E-state index is -3.51. The summed E-state index contributed by atoms with van der Waals surface area (Å²) in [4.78, 5) is 12.5. The fraction of sp³-hybridized carbons (Fsp3) is 0.417. The van der Waals surface area contributed by atoms with Crippen LogP contribution in [0.25, 0.3) is 0 Å². The van der Waals surface area contributed by atoms with E-state index in [9.17, 15) is 13.2 Å². The molecule has 1 radical (unpaired) electrons. The number of aliphatic carboxylic acids is 1. The second-order valence-electron chi connectivity index (χ2n) is 4.30. The van der Waals surface area contributed by atoms with Crippen LogP contribution in [0.15, 0.2) is 29.2 Å². The van der Waals surface area contributed by atoms with E-state index >= 15 is 0 Å². The van der Waals surface area contributed by atoms with Crippen molar-refractivity contribution in [3.63, 3.8) is 0 Å². The van der Waals surface area contributed by atoms with Gasteiger partial charge in [-0.2, -0.15) is 4.31 Å².